The van der Waals surface area contributed by atoms with Crippen molar-refractivity contribution in [2.24, 2.45) is 0 Å². The monoisotopic (exact) mass is 264 g/mol. The molecule has 0 aliphatic rings. The molecule has 6 nitrogen and oxygen atoms in total. The Morgan fingerprint density at radius 2 is 1.94 bits per heavy atom. The molecular formula is C10H20N2O4S. The number of carboxylic acid groups (broad SMARTS) is 1. The first kappa shape index (κ1) is 16.1. The Labute approximate surface area is 102 Å². The smallest absolute Gasteiger partial charge is 0.330 e. The molecule has 0 aromatic heterocycles. The van der Waals surface area contributed by atoms with Crippen LogP contribution in [0, 0.1) is 0 Å². The molecule has 0 amide bonds. The van der Waals surface area contributed by atoms with Gasteiger partial charge in [-0.05, 0) is 20.8 Å². The van der Waals surface area contributed by atoms with Crippen molar-refractivity contribution >= 4 is 16.0 Å². The van der Waals surface area contributed by atoms with Crippen molar-refractivity contribution < 1.29 is 18.3 Å². The maximum Gasteiger partial charge on any atom is 0.330 e. The van der Waals surface area contributed by atoms with Crippen LogP contribution in [0.1, 0.15) is 20.8 Å². The zero-order valence-electron chi connectivity index (χ0n) is 10.6. The van der Waals surface area contributed by atoms with E-state index in [2.05, 4.69) is 10.0 Å². The minimum Gasteiger partial charge on any atom is -0.478 e. The van der Waals surface area contributed by atoms with Crippen molar-refractivity contribution in [3.05, 3.63) is 11.6 Å². The fraction of sp³-hybridized carbons (Fsp3) is 0.700. The van der Waals surface area contributed by atoms with Gasteiger partial charge >= 0.3 is 5.97 Å². The van der Waals surface area contributed by atoms with Gasteiger partial charge in [0.2, 0.25) is 10.0 Å². The molecule has 100 valence electrons. The number of hydrogen-bond donors (Lipinski definition) is 3. The third-order valence-corrected chi connectivity index (χ3v) is 2.84. The van der Waals surface area contributed by atoms with Crippen molar-refractivity contribution in [2.75, 3.05) is 19.3 Å². The number of hydrogen-bond acceptors (Lipinski definition) is 4. The van der Waals surface area contributed by atoms with Gasteiger partial charge in [-0.2, -0.15) is 0 Å². The third-order valence-electron chi connectivity index (χ3n) is 1.92. The van der Waals surface area contributed by atoms with Crippen LogP contribution in [0.5, 0.6) is 0 Å². The van der Waals surface area contributed by atoms with Gasteiger partial charge in [0.05, 0.1) is 6.26 Å². The Morgan fingerprint density at radius 3 is 2.35 bits per heavy atom. The lowest BCUT2D eigenvalue weighted by atomic mass is 10.1. The lowest BCUT2D eigenvalue weighted by Gasteiger charge is -2.25. The number of aliphatic carboxylic acids is 1. The summed E-state index contributed by atoms with van der Waals surface area (Å²) >= 11 is 0. The van der Waals surface area contributed by atoms with E-state index in [0.717, 1.165) is 6.26 Å². The molecule has 0 radical (unpaired) electrons. The van der Waals surface area contributed by atoms with Crippen LogP contribution in [-0.4, -0.2) is 44.4 Å². The van der Waals surface area contributed by atoms with Crippen LogP contribution in [0.2, 0.25) is 0 Å². The van der Waals surface area contributed by atoms with Crippen molar-refractivity contribution in [3.8, 4) is 0 Å². The molecule has 0 bridgehead atoms. The molecular weight excluding hydrogens is 244 g/mol. The molecule has 0 fully saturated rings. The molecule has 17 heavy (non-hydrogen) atoms. The summed E-state index contributed by atoms with van der Waals surface area (Å²) in [6.07, 6.45) is 2.64. The Morgan fingerprint density at radius 1 is 1.41 bits per heavy atom. The number of carbonyl (C=O) groups is 1. The van der Waals surface area contributed by atoms with Crippen LogP contribution >= 0.6 is 0 Å². The summed E-state index contributed by atoms with van der Waals surface area (Å²) in [6.45, 7) is 5.78. The molecule has 0 aliphatic heterocycles. The van der Waals surface area contributed by atoms with Crippen LogP contribution in [-0.2, 0) is 14.8 Å². The summed E-state index contributed by atoms with van der Waals surface area (Å²) in [6, 6.07) is 0. The van der Waals surface area contributed by atoms with Crippen LogP contribution in [0.15, 0.2) is 11.6 Å². The van der Waals surface area contributed by atoms with Crippen molar-refractivity contribution in [3.63, 3.8) is 0 Å². The highest BCUT2D eigenvalue weighted by molar-refractivity contribution is 7.88. The van der Waals surface area contributed by atoms with Gasteiger partial charge in [-0.25, -0.2) is 17.9 Å². The molecule has 0 atom stereocenters. The second kappa shape index (κ2) is 6.13. The SMILES string of the molecule is CC(=CCNCC(C)(C)NS(C)(=O)=O)C(=O)O. The first-order valence-electron chi connectivity index (χ1n) is 5.13. The molecule has 7 heteroatoms. The summed E-state index contributed by atoms with van der Waals surface area (Å²) in [7, 11) is -3.25. The number of carboxylic acids is 1. The normalized spacial score (nSPS) is 13.8. The van der Waals surface area contributed by atoms with E-state index in [0.29, 0.717) is 13.1 Å². The second-order valence-electron chi connectivity index (χ2n) is 4.58. The van der Waals surface area contributed by atoms with Gasteiger partial charge in [-0.1, -0.05) is 6.08 Å². The summed E-state index contributed by atoms with van der Waals surface area (Å²) in [5, 5.41) is 11.6. The average molecular weight is 264 g/mol. The van der Waals surface area contributed by atoms with Gasteiger partial charge < -0.3 is 10.4 Å². The molecule has 0 aliphatic carbocycles. The highest BCUT2D eigenvalue weighted by atomic mass is 32.2. The maximum absolute atomic E-state index is 11.0. The first-order chi connectivity index (χ1) is 7.53. The van der Waals surface area contributed by atoms with Crippen LogP contribution in [0.25, 0.3) is 0 Å². The fourth-order valence-electron chi connectivity index (χ4n) is 1.24. The number of nitrogens with one attached hydrogen (secondary N) is 2. The van der Waals surface area contributed by atoms with Crippen molar-refractivity contribution in [1.29, 1.82) is 0 Å². The molecule has 0 aromatic rings. The quantitative estimate of drug-likeness (QED) is 0.442. The first-order valence-corrected chi connectivity index (χ1v) is 7.02. The Kier molecular flexibility index (Phi) is 5.80. The Bertz CT molecular complexity index is 399. The highest BCUT2D eigenvalue weighted by Gasteiger charge is 2.21. The minimum absolute atomic E-state index is 0.256. The van der Waals surface area contributed by atoms with Gasteiger partial charge in [0, 0.05) is 24.2 Å². The predicted octanol–water partition coefficient (Wildman–Crippen LogP) is -0.0653. The maximum atomic E-state index is 11.0. The van der Waals surface area contributed by atoms with E-state index in [4.69, 9.17) is 5.11 Å². The molecule has 3 N–H and O–H groups in total. The Balaban J connectivity index is 4.13. The largest absolute Gasteiger partial charge is 0.478 e. The van der Waals surface area contributed by atoms with Gasteiger partial charge in [-0.3, -0.25) is 0 Å². The zero-order chi connectivity index (χ0) is 13.7. The van der Waals surface area contributed by atoms with E-state index in [9.17, 15) is 13.2 Å². The molecule has 0 saturated heterocycles. The summed E-state index contributed by atoms with van der Waals surface area (Å²) in [5.41, 5.74) is -0.357. The fourth-order valence-corrected chi connectivity index (χ4v) is 2.31. The van der Waals surface area contributed by atoms with E-state index in [1.165, 1.54) is 6.92 Å². The van der Waals surface area contributed by atoms with E-state index in [1.807, 2.05) is 0 Å². The Hall–Kier alpha value is -0.920. The molecule has 0 aromatic carbocycles. The molecule has 0 heterocycles. The number of rotatable bonds is 7. The van der Waals surface area contributed by atoms with Gasteiger partial charge in [0.1, 0.15) is 0 Å². The van der Waals surface area contributed by atoms with Crippen molar-refractivity contribution in [1.82, 2.24) is 10.0 Å². The third kappa shape index (κ3) is 8.84. The van der Waals surface area contributed by atoms with Gasteiger partial charge in [0.15, 0.2) is 0 Å². The van der Waals surface area contributed by atoms with Crippen LogP contribution in [0.4, 0.5) is 0 Å². The lowest BCUT2D eigenvalue weighted by Crippen LogP contribution is -2.49. The zero-order valence-corrected chi connectivity index (χ0v) is 11.4. The molecule has 0 rings (SSSR count). The van der Waals surface area contributed by atoms with Crippen LogP contribution < -0.4 is 10.0 Å². The summed E-state index contributed by atoms with van der Waals surface area (Å²) < 4.78 is 24.6. The van der Waals surface area contributed by atoms with Gasteiger partial charge in [0.25, 0.3) is 0 Å². The second-order valence-corrected chi connectivity index (χ2v) is 6.33. The molecule has 0 saturated carbocycles. The topological polar surface area (TPSA) is 95.5 Å². The average Bonchev–Trinajstić information content (AvgIpc) is 2.07. The van der Waals surface area contributed by atoms with Gasteiger partial charge in [-0.15, -0.1) is 0 Å². The van der Waals surface area contributed by atoms with E-state index >= 15 is 0 Å². The number of sulfonamides is 1. The summed E-state index contributed by atoms with van der Waals surface area (Å²) in [5.74, 6) is -0.958. The lowest BCUT2D eigenvalue weighted by molar-refractivity contribution is -0.132. The summed E-state index contributed by atoms with van der Waals surface area (Å²) in [4.78, 5) is 10.5. The molecule has 0 spiro atoms. The van der Waals surface area contributed by atoms with Crippen LogP contribution in [0.3, 0.4) is 0 Å². The van der Waals surface area contributed by atoms with Crippen molar-refractivity contribution in [2.45, 2.75) is 26.3 Å². The molecule has 0 unspecified atom stereocenters. The van der Waals surface area contributed by atoms with E-state index < -0.39 is 21.5 Å². The highest BCUT2D eigenvalue weighted by Crippen LogP contribution is 2.01. The standard InChI is InChI=1S/C10H20N2O4S/c1-8(9(13)14)5-6-11-7-10(2,3)12-17(4,15)16/h5,11-12H,6-7H2,1-4H3,(H,13,14). The van der Waals surface area contributed by atoms with E-state index in [-0.39, 0.29) is 5.57 Å². The van der Waals surface area contributed by atoms with E-state index in [1.54, 1.807) is 19.9 Å². The minimum atomic E-state index is -3.25. The predicted molar refractivity (Wildman–Crippen MR) is 66.3 cm³/mol.